The number of nitrogens with zero attached hydrogens (tertiary/aromatic N) is 2. The van der Waals surface area contributed by atoms with Gasteiger partial charge in [-0.25, -0.2) is 0 Å². The van der Waals surface area contributed by atoms with E-state index in [9.17, 15) is 30.0 Å². The van der Waals surface area contributed by atoms with Crippen LogP contribution in [0.25, 0.3) is 24.3 Å². The predicted molar refractivity (Wildman–Crippen MR) is 178 cm³/mol. The van der Waals surface area contributed by atoms with Crippen molar-refractivity contribution in [1.29, 1.82) is 0 Å². The Morgan fingerprint density at radius 1 is 0.702 bits per heavy atom. The number of aromatic nitrogens is 4. The molecule has 0 saturated carbocycles. The van der Waals surface area contributed by atoms with Crippen molar-refractivity contribution in [3.05, 3.63) is 88.7 Å². The molecule has 6 N–H and O–H groups in total. The van der Waals surface area contributed by atoms with Crippen molar-refractivity contribution in [1.82, 2.24) is 19.9 Å². The first-order valence-corrected chi connectivity index (χ1v) is 20.6. The first kappa shape index (κ1) is 36.6. The number of hydrogen-bond donors (Lipinski definition) is 6. The number of fused-ring (bicyclic) bond motifs is 8. The number of halogens is 2. The van der Waals surface area contributed by atoms with Crippen LogP contribution in [-0.4, -0.2) is 42.3 Å². The van der Waals surface area contributed by atoms with Gasteiger partial charge in [-0.2, -0.15) is 0 Å². The second-order valence-electron chi connectivity index (χ2n) is 11.7. The fraction of sp³-hybridized carbons (Fsp3) is 0.353. The van der Waals surface area contributed by atoms with Gasteiger partial charge in [-0.3, -0.25) is 9.59 Å². The Labute approximate surface area is 288 Å². The third kappa shape index (κ3) is 7.90. The Morgan fingerprint density at radius 3 is 1.87 bits per heavy atom. The summed E-state index contributed by atoms with van der Waals surface area (Å²) in [5.41, 5.74) is 9.06. The van der Waals surface area contributed by atoms with Crippen LogP contribution in [0.4, 0.5) is 0 Å². The normalized spacial score (nSPS) is 16.3. The average molecular weight is 865 g/mol. The number of aliphatic hydroxyl groups excluding tert-OH is 2. The monoisotopic (exact) mass is 863 g/mol. The van der Waals surface area contributed by atoms with E-state index in [2.05, 4.69) is 9.97 Å². The van der Waals surface area contributed by atoms with Crippen molar-refractivity contribution < 1.29 is 46.5 Å². The molecule has 0 fully saturated rings. The molecular weight excluding hydrogens is 826 g/mol. The molecule has 1 aliphatic rings. The fourth-order valence-electron chi connectivity index (χ4n) is 6.31. The van der Waals surface area contributed by atoms with E-state index in [1.54, 1.807) is 13.8 Å². The van der Waals surface area contributed by atoms with Gasteiger partial charge in [0.05, 0.1) is 12.2 Å². The molecule has 47 heavy (non-hydrogen) atoms. The van der Waals surface area contributed by atoms with Crippen molar-refractivity contribution in [3.8, 4) is 0 Å². The van der Waals surface area contributed by atoms with Gasteiger partial charge in [0.1, 0.15) is 0 Å². The molecule has 8 bridgehead atoms. The summed E-state index contributed by atoms with van der Waals surface area (Å²) in [6, 6.07) is 0. The summed E-state index contributed by atoms with van der Waals surface area (Å²) in [5.74, 6) is -1.83. The number of H-pyrrole nitrogens is 2. The molecule has 0 saturated heterocycles. The van der Waals surface area contributed by atoms with E-state index < -0.39 is 40.6 Å². The second-order valence-corrected chi connectivity index (χ2v) is 15.0. The van der Waals surface area contributed by atoms with Crippen LogP contribution in [0.2, 0.25) is 0 Å². The van der Waals surface area contributed by atoms with Crippen LogP contribution < -0.4 is 31.4 Å². The van der Waals surface area contributed by atoms with E-state index in [0.29, 0.717) is 45.1 Å². The van der Waals surface area contributed by atoms with Crippen molar-refractivity contribution in [2.75, 3.05) is 0 Å². The SMILES string of the molecule is Cc1c2[nH]c(c1CCC(=O)O)/C=c1\[n-]/c(c(C)c1CCC(=O)O)=C\c1[n-]c(c(C)c1C(C)O)/C=c1\[nH]/c(c(C)c1C(C)O)=C\2.[Cl][Pt+2][Cl]. The van der Waals surface area contributed by atoms with Crippen LogP contribution in [0.15, 0.2) is 0 Å². The summed E-state index contributed by atoms with van der Waals surface area (Å²) >= 11 is -0.472. The number of carboxylic acids is 2. The average Bonchev–Trinajstić information content (AvgIpc) is 3.64. The molecule has 4 aromatic heterocycles. The minimum absolute atomic E-state index is 0.0591. The molecule has 0 spiro atoms. The van der Waals surface area contributed by atoms with E-state index in [-0.39, 0.29) is 19.3 Å². The van der Waals surface area contributed by atoms with Gasteiger partial charge in [0.25, 0.3) is 0 Å². The van der Waals surface area contributed by atoms with Crippen molar-refractivity contribution >= 4 is 55.1 Å². The number of nitrogens with one attached hydrogen (secondary N) is 2. The molecule has 5 rings (SSSR count). The summed E-state index contributed by atoms with van der Waals surface area (Å²) in [5, 5.41) is 43.2. The van der Waals surface area contributed by atoms with E-state index in [0.717, 1.165) is 50.0 Å². The van der Waals surface area contributed by atoms with E-state index >= 15 is 0 Å². The zero-order chi connectivity index (χ0) is 34.7. The van der Waals surface area contributed by atoms with Crippen LogP contribution in [0.5, 0.6) is 0 Å². The Hall–Kier alpha value is -3.27. The molecule has 5 heterocycles. The molecule has 0 aromatic carbocycles. The Balaban J connectivity index is 0.00000160. The van der Waals surface area contributed by atoms with Gasteiger partial charge >= 0.3 is 47.3 Å². The second kappa shape index (κ2) is 15.3. The molecule has 1 aliphatic heterocycles. The van der Waals surface area contributed by atoms with Crippen molar-refractivity contribution in [3.63, 3.8) is 0 Å². The summed E-state index contributed by atoms with van der Waals surface area (Å²) in [6.07, 6.45) is 6.35. The van der Waals surface area contributed by atoms with Crippen LogP contribution in [0.1, 0.15) is 106 Å². The number of carbonyl (C=O) groups is 2. The first-order chi connectivity index (χ1) is 22.2. The summed E-state index contributed by atoms with van der Waals surface area (Å²) < 4.78 is 0. The topological polar surface area (TPSA) is 175 Å². The maximum absolute atomic E-state index is 11.6. The number of aromatic amines is 2. The van der Waals surface area contributed by atoms with E-state index in [4.69, 9.17) is 28.8 Å². The Bertz CT molecular complexity index is 2070. The number of carboxylic acid groups (broad SMARTS) is 2. The number of aliphatic hydroxyl groups is 2. The minimum atomic E-state index is -0.919. The summed E-state index contributed by atoms with van der Waals surface area (Å²) in [4.78, 5) is 39.8. The first-order valence-electron chi connectivity index (χ1n) is 15.0. The third-order valence-corrected chi connectivity index (χ3v) is 8.65. The van der Waals surface area contributed by atoms with Gasteiger partial charge in [-0.15, -0.1) is 22.1 Å². The maximum atomic E-state index is 11.6. The zero-order valence-corrected chi connectivity index (χ0v) is 30.6. The Kier molecular flexibility index (Phi) is 11.9. The predicted octanol–water partition coefficient (Wildman–Crippen LogP) is 2.64. The third-order valence-electron chi connectivity index (χ3n) is 8.65. The molecule has 2 atom stereocenters. The van der Waals surface area contributed by atoms with E-state index in [1.807, 2.05) is 52.0 Å². The molecule has 13 heteroatoms. The van der Waals surface area contributed by atoms with Gasteiger partial charge in [0.15, 0.2) is 0 Å². The van der Waals surface area contributed by atoms with Gasteiger partial charge in [-0.05, 0) is 82.7 Å². The van der Waals surface area contributed by atoms with Crippen LogP contribution >= 0.6 is 18.8 Å². The van der Waals surface area contributed by atoms with Crippen molar-refractivity contribution in [2.45, 2.75) is 79.4 Å². The number of hydrogen-bond acceptors (Lipinski definition) is 4. The molecule has 254 valence electrons. The molecule has 4 aromatic rings. The fourth-order valence-corrected chi connectivity index (χ4v) is 6.31. The number of aliphatic carboxylic acids is 2. The van der Waals surface area contributed by atoms with Gasteiger partial charge in [0.2, 0.25) is 0 Å². The summed E-state index contributed by atoms with van der Waals surface area (Å²) in [6.45, 7) is 11.1. The quantitative estimate of drug-likeness (QED) is 0.138. The standard InChI is InChI=1S/C34H38N4O6.2ClH.Pt/c1-15-21(7-9-31(41)42)27-14-28-22(8-10-32(43)44)16(2)24(36-28)12-29-34(20(6)40)18(4)26(38-29)13-30-33(19(5)39)17(3)25(37-30)11-23(15)35-27;;;/h11-14,19-20,35,37,39-40H,7-10H2,1-6H3,(H,41,42)(H,43,44);2*1H;/q-2;;;+4/p-2/b23-11?,24-12-,25-11-,26-13?,27-14?,28-14-,29-12?,30-13-;;;. The van der Waals surface area contributed by atoms with Gasteiger partial charge in [-0.1, -0.05) is 34.9 Å². The zero-order valence-electron chi connectivity index (χ0n) is 26.9. The molecule has 0 radical (unpaired) electrons. The van der Waals surface area contributed by atoms with Crippen LogP contribution in [-0.2, 0) is 38.9 Å². The van der Waals surface area contributed by atoms with Crippen molar-refractivity contribution in [2.24, 2.45) is 0 Å². The Morgan fingerprint density at radius 2 is 1.30 bits per heavy atom. The molecule has 2 unspecified atom stereocenters. The number of rotatable bonds is 8. The molecule has 10 nitrogen and oxygen atoms in total. The summed E-state index contributed by atoms with van der Waals surface area (Å²) in [7, 11) is 9.75. The van der Waals surface area contributed by atoms with E-state index in [1.165, 1.54) is 0 Å². The van der Waals surface area contributed by atoms with Gasteiger partial charge in [0, 0.05) is 40.5 Å². The van der Waals surface area contributed by atoms with Gasteiger partial charge < -0.3 is 40.4 Å². The molecular formula is C34H38Cl2N4O6Pt. The van der Waals surface area contributed by atoms with Crippen LogP contribution in [0, 0.1) is 27.7 Å². The van der Waals surface area contributed by atoms with Crippen LogP contribution in [0.3, 0.4) is 0 Å². The molecule has 0 aliphatic carbocycles. The molecule has 0 amide bonds.